The summed E-state index contributed by atoms with van der Waals surface area (Å²) >= 11 is 0. The van der Waals surface area contributed by atoms with Gasteiger partial charge < -0.3 is 20.2 Å². The van der Waals surface area contributed by atoms with E-state index in [2.05, 4.69) is 30.6 Å². The maximum atomic E-state index is 13.5. The SMILES string of the molecule is Cn1c(=O)n(C2CCC(=O)NC2=O)c2cccc(N3CCN(C(=O)C[C@]4(O)CC[C@@H](n5cc6cc(NC(=O)c7cccc(C(F)(F)F)n7)ncc6n5)CC4)CC3)c21. The number of aryl methyl sites for hydroxylation is 1. The number of alkyl halides is 3. The summed E-state index contributed by atoms with van der Waals surface area (Å²) in [6, 6.07) is 9.32. The lowest BCUT2D eigenvalue weighted by Crippen LogP contribution is -2.51. The largest absolute Gasteiger partial charge is 0.433 e. The van der Waals surface area contributed by atoms with E-state index in [-0.39, 0.29) is 48.6 Å². The highest BCUT2D eigenvalue weighted by Gasteiger charge is 2.38. The lowest BCUT2D eigenvalue weighted by Gasteiger charge is -2.40. The number of nitrogens with one attached hydrogen (secondary N) is 2. The number of rotatable bonds is 7. The van der Waals surface area contributed by atoms with E-state index < -0.39 is 41.0 Å². The molecule has 2 saturated heterocycles. The molecule has 0 bridgehead atoms. The van der Waals surface area contributed by atoms with Gasteiger partial charge in [-0.15, -0.1) is 0 Å². The third-order valence-electron chi connectivity index (χ3n) is 11.2. The number of halogens is 3. The molecule has 3 fully saturated rings. The van der Waals surface area contributed by atoms with Crippen LogP contribution in [0.1, 0.15) is 73.2 Å². The molecule has 1 unspecified atom stereocenters. The molecule has 3 N–H and O–H groups in total. The van der Waals surface area contributed by atoms with E-state index in [0.717, 1.165) is 17.8 Å². The summed E-state index contributed by atoms with van der Waals surface area (Å²) < 4.78 is 43.9. The number of hydrogen-bond acceptors (Lipinski definition) is 10. The zero-order chi connectivity index (χ0) is 40.2. The third kappa shape index (κ3) is 7.34. The Morgan fingerprint density at radius 2 is 1.75 bits per heavy atom. The minimum atomic E-state index is -4.69. The van der Waals surface area contributed by atoms with Crippen LogP contribution >= 0.6 is 0 Å². The van der Waals surface area contributed by atoms with Crippen LogP contribution < -0.4 is 21.2 Å². The summed E-state index contributed by atoms with van der Waals surface area (Å²) in [5.74, 6) is -1.72. The summed E-state index contributed by atoms with van der Waals surface area (Å²) in [7, 11) is 1.66. The molecule has 8 rings (SSSR count). The van der Waals surface area contributed by atoms with Crippen LogP contribution in [0.25, 0.3) is 21.9 Å². The van der Waals surface area contributed by atoms with Crippen molar-refractivity contribution >= 4 is 57.1 Å². The quantitative estimate of drug-likeness (QED) is 0.207. The molecule has 19 heteroatoms. The number of carbonyl (C=O) groups excluding carboxylic acids is 4. The first-order valence-corrected chi connectivity index (χ1v) is 18.7. The predicted molar refractivity (Wildman–Crippen MR) is 199 cm³/mol. The second kappa shape index (κ2) is 14.4. The van der Waals surface area contributed by atoms with Gasteiger partial charge >= 0.3 is 11.9 Å². The monoisotopic (exact) mass is 788 g/mol. The van der Waals surface area contributed by atoms with E-state index in [1.54, 1.807) is 35.0 Å². The summed E-state index contributed by atoms with van der Waals surface area (Å²) in [5.41, 5.74) is -0.506. The maximum absolute atomic E-state index is 13.5. The number of imidazole rings is 1. The van der Waals surface area contributed by atoms with Gasteiger partial charge in [-0.25, -0.2) is 14.8 Å². The van der Waals surface area contributed by atoms with Crippen molar-refractivity contribution < 1.29 is 37.5 Å². The van der Waals surface area contributed by atoms with Crippen LogP contribution in [0.15, 0.2) is 59.7 Å². The van der Waals surface area contributed by atoms with Crippen molar-refractivity contribution in [3.63, 3.8) is 0 Å². The number of carbonyl (C=O) groups is 4. The van der Waals surface area contributed by atoms with Crippen molar-refractivity contribution in [3.05, 3.63) is 76.7 Å². The Morgan fingerprint density at radius 3 is 2.47 bits per heavy atom. The summed E-state index contributed by atoms with van der Waals surface area (Å²) in [5, 5.41) is 21.6. The van der Waals surface area contributed by atoms with Crippen molar-refractivity contribution in [1.82, 2.24) is 39.1 Å². The van der Waals surface area contributed by atoms with Crippen LogP contribution in [-0.4, -0.2) is 94.3 Å². The standard InChI is InChI=1S/C38H39F3N10O6/c1-47-33-26(5-3-6-27(33)51(36(47)56)28-8-9-31(52)45-35(28)55)48-14-16-49(17-15-48)32(53)19-37(57)12-10-23(11-13-37)50-21-22-18-30(42-20-25(22)46-50)44-34(54)24-4-2-7-29(43-24)38(39,40)41/h2-7,18,20-21,23,28,57H,8-17,19H2,1H3,(H,44,54)(H,45,52,55)/t23-,28?,37+. The number of benzene rings is 1. The van der Waals surface area contributed by atoms with E-state index in [9.17, 15) is 42.3 Å². The first-order valence-electron chi connectivity index (χ1n) is 18.7. The average Bonchev–Trinajstić information content (AvgIpc) is 3.72. The van der Waals surface area contributed by atoms with Crippen LogP contribution in [0.4, 0.5) is 24.7 Å². The molecule has 3 aliphatic rings. The number of aromatic nitrogens is 6. The van der Waals surface area contributed by atoms with Gasteiger partial charge in [-0.05, 0) is 62.4 Å². The van der Waals surface area contributed by atoms with Gasteiger partial charge in [0.2, 0.25) is 17.7 Å². The van der Waals surface area contributed by atoms with Gasteiger partial charge in [0.05, 0.1) is 41.0 Å². The first-order chi connectivity index (χ1) is 27.2. The molecule has 1 saturated carbocycles. The predicted octanol–water partition coefficient (Wildman–Crippen LogP) is 3.31. The summed E-state index contributed by atoms with van der Waals surface area (Å²) in [6.07, 6.45) is 0.795. The fourth-order valence-corrected chi connectivity index (χ4v) is 8.18. The van der Waals surface area contributed by atoms with Gasteiger partial charge in [0, 0.05) is 51.2 Å². The van der Waals surface area contributed by atoms with E-state index in [1.807, 2.05) is 12.1 Å². The molecule has 4 amide bonds. The van der Waals surface area contributed by atoms with Crippen molar-refractivity contribution in [2.45, 2.75) is 68.8 Å². The molecule has 16 nitrogen and oxygen atoms in total. The van der Waals surface area contributed by atoms with Crippen LogP contribution in [0.3, 0.4) is 0 Å². The van der Waals surface area contributed by atoms with Crippen LogP contribution in [0, 0.1) is 0 Å². The zero-order valence-corrected chi connectivity index (χ0v) is 30.8. The Hall–Kier alpha value is -6.11. The number of amides is 4. The average molecular weight is 789 g/mol. The molecule has 6 heterocycles. The van der Waals surface area contributed by atoms with Gasteiger partial charge in [0.1, 0.15) is 28.8 Å². The zero-order valence-electron chi connectivity index (χ0n) is 30.8. The highest BCUT2D eigenvalue weighted by molar-refractivity contribution is 6.03. The minimum Gasteiger partial charge on any atom is -0.389 e. The smallest absolute Gasteiger partial charge is 0.389 e. The summed E-state index contributed by atoms with van der Waals surface area (Å²) in [4.78, 5) is 75.4. The fraction of sp³-hybridized carbons (Fsp3) is 0.421. The fourth-order valence-electron chi connectivity index (χ4n) is 8.18. The Morgan fingerprint density at radius 1 is 1.02 bits per heavy atom. The highest BCUT2D eigenvalue weighted by Crippen LogP contribution is 2.38. The van der Waals surface area contributed by atoms with Crippen molar-refractivity contribution in [2.24, 2.45) is 7.05 Å². The molecule has 1 atom stereocenters. The number of fused-ring (bicyclic) bond motifs is 2. The van der Waals surface area contributed by atoms with Gasteiger partial charge in [0.15, 0.2) is 0 Å². The molecule has 298 valence electrons. The van der Waals surface area contributed by atoms with Gasteiger partial charge in [0.25, 0.3) is 5.91 Å². The van der Waals surface area contributed by atoms with Gasteiger partial charge in [-0.3, -0.25) is 38.3 Å². The second-order valence-electron chi connectivity index (χ2n) is 14.9. The molecular weight excluding hydrogens is 749 g/mol. The number of piperidine rings is 1. The molecule has 57 heavy (non-hydrogen) atoms. The van der Waals surface area contributed by atoms with E-state index in [4.69, 9.17) is 0 Å². The lowest BCUT2D eigenvalue weighted by atomic mass is 9.80. The number of anilines is 2. The van der Waals surface area contributed by atoms with E-state index in [1.165, 1.54) is 21.4 Å². The molecule has 0 spiro atoms. The molecule has 1 aliphatic carbocycles. The highest BCUT2D eigenvalue weighted by atomic mass is 19.4. The number of imide groups is 1. The van der Waals surface area contributed by atoms with Gasteiger partial charge in [-0.2, -0.15) is 18.3 Å². The molecule has 4 aromatic heterocycles. The van der Waals surface area contributed by atoms with Crippen LogP contribution in [0.5, 0.6) is 0 Å². The summed E-state index contributed by atoms with van der Waals surface area (Å²) in [6.45, 7) is 1.84. The van der Waals surface area contributed by atoms with E-state index in [0.29, 0.717) is 73.8 Å². The Bertz CT molecular complexity index is 2480. The molecule has 2 aliphatic heterocycles. The number of nitrogens with zero attached hydrogens (tertiary/aromatic N) is 8. The number of hydrogen-bond donors (Lipinski definition) is 3. The number of pyridine rings is 2. The molecule has 5 aromatic rings. The Labute approximate surface area is 322 Å². The van der Waals surface area contributed by atoms with Gasteiger partial charge in [-0.1, -0.05) is 12.1 Å². The molecule has 0 radical (unpaired) electrons. The number of aliphatic hydroxyl groups is 1. The normalized spacial score (nSPS) is 21.9. The van der Waals surface area contributed by atoms with Crippen molar-refractivity contribution in [2.75, 3.05) is 36.4 Å². The number of piperazine rings is 1. The van der Waals surface area contributed by atoms with Crippen LogP contribution in [0.2, 0.25) is 0 Å². The Balaban J connectivity index is 0.865. The third-order valence-corrected chi connectivity index (χ3v) is 11.2. The van der Waals surface area contributed by atoms with Crippen molar-refractivity contribution in [3.8, 4) is 0 Å². The minimum absolute atomic E-state index is 0.0204. The molecule has 1 aromatic carbocycles. The number of para-hydroxylation sites is 1. The second-order valence-corrected chi connectivity index (χ2v) is 14.9. The van der Waals surface area contributed by atoms with Crippen LogP contribution in [-0.2, 0) is 27.6 Å². The maximum Gasteiger partial charge on any atom is 0.433 e. The van der Waals surface area contributed by atoms with E-state index >= 15 is 0 Å². The Kier molecular flexibility index (Phi) is 9.57. The lowest BCUT2D eigenvalue weighted by molar-refractivity contribution is -0.141. The topological polar surface area (TPSA) is 190 Å². The van der Waals surface area contributed by atoms with Crippen molar-refractivity contribution in [1.29, 1.82) is 0 Å². The first kappa shape index (κ1) is 37.8. The molecular formula is C38H39F3N10O6.